The molecular weight excluding hydrogens is 178 g/mol. The third-order valence-corrected chi connectivity index (χ3v) is 3.52. The SMILES string of the molecule is CCC(C)NC(C)c1ccc(C)s1. The minimum Gasteiger partial charge on any atom is -0.307 e. The van der Waals surface area contributed by atoms with Crippen molar-refractivity contribution >= 4 is 11.3 Å². The first-order valence-electron chi connectivity index (χ1n) is 4.96. The average molecular weight is 197 g/mol. The predicted octanol–water partition coefficient (Wildman–Crippen LogP) is 3.51. The number of rotatable bonds is 4. The fourth-order valence-electron chi connectivity index (χ4n) is 1.31. The molecule has 2 unspecified atom stereocenters. The Morgan fingerprint density at radius 2 is 2.08 bits per heavy atom. The molecule has 1 aromatic heterocycles. The van der Waals surface area contributed by atoms with E-state index in [0.717, 1.165) is 0 Å². The van der Waals surface area contributed by atoms with Crippen molar-refractivity contribution in [2.75, 3.05) is 0 Å². The monoisotopic (exact) mass is 197 g/mol. The summed E-state index contributed by atoms with van der Waals surface area (Å²) in [6, 6.07) is 5.51. The van der Waals surface area contributed by atoms with Crippen LogP contribution in [-0.2, 0) is 0 Å². The number of nitrogens with one attached hydrogen (secondary N) is 1. The minimum absolute atomic E-state index is 0.494. The van der Waals surface area contributed by atoms with Crippen molar-refractivity contribution in [1.29, 1.82) is 0 Å². The van der Waals surface area contributed by atoms with E-state index in [1.54, 1.807) is 0 Å². The van der Waals surface area contributed by atoms with Gasteiger partial charge in [-0.3, -0.25) is 0 Å². The van der Waals surface area contributed by atoms with Crippen LogP contribution in [0.25, 0.3) is 0 Å². The van der Waals surface area contributed by atoms with E-state index in [9.17, 15) is 0 Å². The van der Waals surface area contributed by atoms with Gasteiger partial charge in [-0.2, -0.15) is 0 Å². The zero-order valence-electron chi connectivity index (χ0n) is 8.92. The zero-order valence-corrected chi connectivity index (χ0v) is 9.74. The molecule has 2 heteroatoms. The summed E-state index contributed by atoms with van der Waals surface area (Å²) in [7, 11) is 0. The summed E-state index contributed by atoms with van der Waals surface area (Å²) < 4.78 is 0. The molecule has 0 saturated heterocycles. The lowest BCUT2D eigenvalue weighted by atomic mass is 10.2. The molecule has 1 rings (SSSR count). The van der Waals surface area contributed by atoms with Gasteiger partial charge in [0.25, 0.3) is 0 Å². The van der Waals surface area contributed by atoms with Crippen molar-refractivity contribution in [3.63, 3.8) is 0 Å². The highest BCUT2D eigenvalue weighted by Gasteiger charge is 2.09. The Morgan fingerprint density at radius 1 is 1.38 bits per heavy atom. The molecule has 0 radical (unpaired) electrons. The summed E-state index contributed by atoms with van der Waals surface area (Å²) in [5.74, 6) is 0. The second kappa shape index (κ2) is 4.77. The molecule has 1 aromatic rings. The fraction of sp³-hybridized carbons (Fsp3) is 0.636. The lowest BCUT2D eigenvalue weighted by molar-refractivity contribution is 0.474. The van der Waals surface area contributed by atoms with Crippen LogP contribution in [-0.4, -0.2) is 6.04 Å². The van der Waals surface area contributed by atoms with E-state index < -0.39 is 0 Å². The molecule has 13 heavy (non-hydrogen) atoms. The third kappa shape index (κ3) is 3.12. The molecule has 0 saturated carbocycles. The maximum absolute atomic E-state index is 3.57. The Morgan fingerprint density at radius 3 is 2.54 bits per heavy atom. The summed E-state index contributed by atoms with van der Waals surface area (Å²) in [6.45, 7) is 8.84. The van der Waals surface area contributed by atoms with Gasteiger partial charge in [-0.15, -0.1) is 11.3 Å². The summed E-state index contributed by atoms with van der Waals surface area (Å²) in [4.78, 5) is 2.84. The van der Waals surface area contributed by atoms with Crippen LogP contribution in [0.1, 0.15) is 43.0 Å². The smallest absolute Gasteiger partial charge is 0.0388 e. The zero-order chi connectivity index (χ0) is 9.84. The second-order valence-electron chi connectivity index (χ2n) is 3.65. The molecule has 0 aliphatic carbocycles. The number of aryl methyl sites for hydroxylation is 1. The maximum Gasteiger partial charge on any atom is 0.0388 e. The Bertz CT molecular complexity index is 254. The number of hydrogen-bond acceptors (Lipinski definition) is 2. The molecular formula is C11H19NS. The summed E-state index contributed by atoms with van der Waals surface area (Å²) in [6.07, 6.45) is 1.19. The van der Waals surface area contributed by atoms with Gasteiger partial charge < -0.3 is 5.32 Å². The topological polar surface area (TPSA) is 12.0 Å². The predicted molar refractivity (Wildman–Crippen MR) is 60.4 cm³/mol. The van der Waals surface area contributed by atoms with Crippen LogP contribution in [0.15, 0.2) is 12.1 Å². The minimum atomic E-state index is 0.494. The van der Waals surface area contributed by atoms with Gasteiger partial charge in [0.2, 0.25) is 0 Å². The highest BCUT2D eigenvalue weighted by molar-refractivity contribution is 7.12. The van der Waals surface area contributed by atoms with Gasteiger partial charge >= 0.3 is 0 Å². The number of thiophene rings is 1. The van der Waals surface area contributed by atoms with Crippen LogP contribution in [0.3, 0.4) is 0 Å². The standard InChI is InChI=1S/C11H19NS/c1-5-8(2)12-10(4)11-7-6-9(3)13-11/h6-8,10,12H,5H2,1-4H3. The largest absolute Gasteiger partial charge is 0.307 e. The maximum atomic E-state index is 3.57. The van der Waals surface area contributed by atoms with Crippen LogP contribution < -0.4 is 5.32 Å². The Labute approximate surface area is 85.2 Å². The van der Waals surface area contributed by atoms with Crippen molar-refractivity contribution in [3.05, 3.63) is 21.9 Å². The van der Waals surface area contributed by atoms with Gasteiger partial charge in [-0.1, -0.05) is 6.92 Å². The van der Waals surface area contributed by atoms with Gasteiger partial charge in [0, 0.05) is 21.8 Å². The van der Waals surface area contributed by atoms with E-state index in [4.69, 9.17) is 0 Å². The highest BCUT2D eigenvalue weighted by atomic mass is 32.1. The molecule has 74 valence electrons. The molecule has 0 amide bonds. The van der Waals surface area contributed by atoms with Crippen molar-refractivity contribution < 1.29 is 0 Å². The van der Waals surface area contributed by atoms with Crippen LogP contribution in [0.4, 0.5) is 0 Å². The lowest BCUT2D eigenvalue weighted by Crippen LogP contribution is -2.27. The molecule has 2 atom stereocenters. The fourth-order valence-corrected chi connectivity index (χ4v) is 2.20. The summed E-state index contributed by atoms with van der Waals surface area (Å²) in [5, 5.41) is 3.57. The third-order valence-electron chi connectivity index (χ3n) is 2.33. The van der Waals surface area contributed by atoms with Crippen LogP contribution in [0.2, 0.25) is 0 Å². The van der Waals surface area contributed by atoms with Gasteiger partial charge in [-0.05, 0) is 39.3 Å². The van der Waals surface area contributed by atoms with Crippen molar-refractivity contribution in [2.24, 2.45) is 0 Å². The Balaban J connectivity index is 2.53. The Hall–Kier alpha value is -0.340. The summed E-state index contributed by atoms with van der Waals surface area (Å²) in [5.41, 5.74) is 0. The quantitative estimate of drug-likeness (QED) is 0.779. The van der Waals surface area contributed by atoms with Crippen molar-refractivity contribution in [3.8, 4) is 0 Å². The molecule has 0 aromatic carbocycles. The van der Waals surface area contributed by atoms with E-state index in [1.807, 2.05) is 11.3 Å². The van der Waals surface area contributed by atoms with E-state index in [1.165, 1.54) is 16.2 Å². The van der Waals surface area contributed by atoms with Gasteiger partial charge in [0.05, 0.1) is 0 Å². The second-order valence-corrected chi connectivity index (χ2v) is 4.97. The first kappa shape index (κ1) is 10.7. The molecule has 1 N–H and O–H groups in total. The van der Waals surface area contributed by atoms with Crippen molar-refractivity contribution in [1.82, 2.24) is 5.32 Å². The van der Waals surface area contributed by atoms with Crippen molar-refractivity contribution in [2.45, 2.75) is 46.2 Å². The van der Waals surface area contributed by atoms with E-state index in [0.29, 0.717) is 12.1 Å². The molecule has 0 aliphatic rings. The molecule has 0 fully saturated rings. The molecule has 0 aliphatic heterocycles. The van der Waals surface area contributed by atoms with E-state index in [2.05, 4.69) is 45.1 Å². The molecule has 1 nitrogen and oxygen atoms in total. The van der Waals surface area contributed by atoms with Crippen LogP contribution in [0.5, 0.6) is 0 Å². The van der Waals surface area contributed by atoms with E-state index >= 15 is 0 Å². The highest BCUT2D eigenvalue weighted by Crippen LogP contribution is 2.22. The number of hydrogen-bond donors (Lipinski definition) is 1. The summed E-state index contributed by atoms with van der Waals surface area (Å²) >= 11 is 1.89. The van der Waals surface area contributed by atoms with Gasteiger partial charge in [0.1, 0.15) is 0 Å². The molecule has 0 spiro atoms. The first-order chi connectivity index (χ1) is 6.13. The normalized spacial score (nSPS) is 15.7. The average Bonchev–Trinajstić information content (AvgIpc) is 2.51. The van der Waals surface area contributed by atoms with Crippen LogP contribution >= 0.6 is 11.3 Å². The first-order valence-corrected chi connectivity index (χ1v) is 5.77. The van der Waals surface area contributed by atoms with Gasteiger partial charge in [0.15, 0.2) is 0 Å². The van der Waals surface area contributed by atoms with E-state index in [-0.39, 0.29) is 0 Å². The van der Waals surface area contributed by atoms with Gasteiger partial charge in [-0.25, -0.2) is 0 Å². The van der Waals surface area contributed by atoms with Crippen LogP contribution in [0, 0.1) is 6.92 Å². The lowest BCUT2D eigenvalue weighted by Gasteiger charge is -2.17. The Kier molecular flexibility index (Phi) is 3.94. The molecule has 1 heterocycles. The molecule has 0 bridgehead atoms.